The highest BCUT2D eigenvalue weighted by Gasteiger charge is 2.54. The molecule has 4 unspecified atom stereocenters. The molecule has 0 saturated heterocycles. The molecule has 0 N–H and O–H groups in total. The van der Waals surface area contributed by atoms with Crippen LogP contribution in [0.3, 0.4) is 0 Å². The fourth-order valence-corrected chi connectivity index (χ4v) is 17.6. The van der Waals surface area contributed by atoms with E-state index in [9.17, 15) is 0 Å². The molecule has 0 radical (unpaired) electrons. The van der Waals surface area contributed by atoms with E-state index in [2.05, 4.69) is 378 Å². The average molecular weight is 1300 g/mol. The van der Waals surface area contributed by atoms with E-state index in [1.807, 2.05) is 12.2 Å². The molecule has 4 heteroatoms. The predicted molar refractivity (Wildman–Crippen MR) is 415 cm³/mol. The first kappa shape index (κ1) is 62.0. The summed E-state index contributed by atoms with van der Waals surface area (Å²) in [4.78, 5) is 9.68. The largest absolute Gasteiger partial charge is 0.311 e. The first-order chi connectivity index (χ1) is 48.1. The number of benzene rings is 13. The minimum absolute atomic E-state index is 0.0621. The molecule has 0 spiro atoms. The molecular weight excluding hydrogens is 1220 g/mol. The van der Waals surface area contributed by atoms with Crippen LogP contribution in [0.1, 0.15) is 83.8 Å². The Balaban J connectivity index is 0.757. The number of hydrogen-bond acceptors (Lipinski definition) is 4. The number of anilines is 5. The van der Waals surface area contributed by atoms with Crippen molar-refractivity contribution in [3.8, 4) is 22.3 Å². The number of rotatable bonds is 17. The standard InChI is InChI=1S/C94H74N2S2/c1-7-67-31-49-79(50-32-67)97-81-53-39-71(40-54-81)93(89-59-63(3)27-29-65(89)5)87-25-17-15-23-83(87)85-57-47-77(61-91(85)93)95(73-19-11-9-12-20-73)75-43-35-69(36-44-75)70-37-45-76(46-38-70)96(74-21-13-10-14-22-74)78-48-58-86-84-24-16-18-26-88(84)94(92(86)62-78,90-60-64(4)28-30-66(90)6)72-41-55-82(56-42-72)98-80-51-33-68(8-2)34-52-80/h7-62,85,91H,1-2H2,3-6H3. The predicted octanol–water partition coefficient (Wildman–Crippen LogP) is 25.3. The summed E-state index contributed by atoms with van der Waals surface area (Å²) >= 11 is 3.59. The molecule has 0 amide bonds. The van der Waals surface area contributed by atoms with E-state index >= 15 is 0 Å². The molecule has 16 rings (SSSR count). The summed E-state index contributed by atoms with van der Waals surface area (Å²) in [6.45, 7) is 17.0. The maximum absolute atomic E-state index is 3.97. The van der Waals surface area contributed by atoms with Crippen LogP contribution >= 0.6 is 23.5 Å². The Morgan fingerprint density at radius 1 is 0.357 bits per heavy atom. The molecule has 0 bridgehead atoms. The minimum Gasteiger partial charge on any atom is -0.311 e. The third-order valence-electron chi connectivity index (χ3n) is 20.5. The van der Waals surface area contributed by atoms with Gasteiger partial charge in [-0.05, 0) is 232 Å². The Kier molecular flexibility index (Phi) is 16.4. The van der Waals surface area contributed by atoms with Crippen LogP contribution in [0.2, 0.25) is 0 Å². The molecule has 2 nitrogen and oxygen atoms in total. The van der Waals surface area contributed by atoms with Gasteiger partial charge in [0.1, 0.15) is 0 Å². The molecule has 0 fully saturated rings. The fourth-order valence-electron chi connectivity index (χ4n) is 16.0. The van der Waals surface area contributed by atoms with Gasteiger partial charge in [0.15, 0.2) is 0 Å². The van der Waals surface area contributed by atoms with Gasteiger partial charge in [-0.3, -0.25) is 0 Å². The Bertz CT molecular complexity index is 5210. The monoisotopic (exact) mass is 1290 g/mol. The summed E-state index contributed by atoms with van der Waals surface area (Å²) in [5.41, 5.74) is 28.1. The topological polar surface area (TPSA) is 6.48 Å². The number of aryl methyl sites for hydroxylation is 4. The van der Waals surface area contributed by atoms with Crippen LogP contribution in [0, 0.1) is 33.6 Å². The molecule has 0 heterocycles. The molecule has 3 aliphatic rings. The zero-order valence-electron chi connectivity index (χ0n) is 55.6. The zero-order chi connectivity index (χ0) is 66.5. The van der Waals surface area contributed by atoms with Gasteiger partial charge in [0.25, 0.3) is 0 Å². The normalized spacial score (nSPS) is 17.0. The van der Waals surface area contributed by atoms with Crippen LogP contribution in [0.15, 0.2) is 366 Å². The molecule has 4 atom stereocenters. The molecular formula is C94H74N2S2. The van der Waals surface area contributed by atoms with Gasteiger partial charge < -0.3 is 9.80 Å². The second-order valence-corrected chi connectivity index (χ2v) is 28.6. The molecule has 0 aromatic heterocycles. The molecule has 0 saturated carbocycles. The molecule has 13 aromatic rings. The van der Waals surface area contributed by atoms with Gasteiger partial charge >= 0.3 is 0 Å². The maximum Gasteiger partial charge on any atom is 0.0716 e. The number of para-hydroxylation sites is 2. The van der Waals surface area contributed by atoms with Crippen LogP contribution in [-0.2, 0) is 10.8 Å². The third kappa shape index (κ3) is 10.9. The first-order valence-electron chi connectivity index (χ1n) is 33.9. The second kappa shape index (κ2) is 25.9. The van der Waals surface area contributed by atoms with Crippen LogP contribution in [0.25, 0.3) is 34.4 Å². The fraction of sp³-hybridized carbons (Fsp3) is 0.0851. The molecule has 13 aromatic carbocycles. The highest BCUT2D eigenvalue weighted by Crippen LogP contribution is 2.62. The lowest BCUT2D eigenvalue weighted by atomic mass is 9.62. The van der Waals surface area contributed by atoms with Gasteiger partial charge in [-0.1, -0.05) is 272 Å². The Hall–Kier alpha value is -10.9. The summed E-state index contributed by atoms with van der Waals surface area (Å²) in [7, 11) is 0. The zero-order valence-corrected chi connectivity index (χ0v) is 57.2. The van der Waals surface area contributed by atoms with Crippen molar-refractivity contribution in [1.82, 2.24) is 0 Å². The van der Waals surface area contributed by atoms with Crippen molar-refractivity contribution in [2.45, 2.75) is 64.0 Å². The number of fused-ring (bicyclic) bond motifs is 6. The molecule has 3 aliphatic carbocycles. The van der Waals surface area contributed by atoms with Gasteiger partial charge in [0.2, 0.25) is 0 Å². The van der Waals surface area contributed by atoms with E-state index < -0.39 is 10.8 Å². The van der Waals surface area contributed by atoms with Crippen molar-refractivity contribution in [3.63, 3.8) is 0 Å². The Morgan fingerprint density at radius 2 is 0.806 bits per heavy atom. The summed E-state index contributed by atoms with van der Waals surface area (Å²) < 4.78 is 0. The van der Waals surface area contributed by atoms with Crippen molar-refractivity contribution >= 4 is 64.1 Å². The van der Waals surface area contributed by atoms with Crippen molar-refractivity contribution in [3.05, 3.63) is 424 Å². The van der Waals surface area contributed by atoms with E-state index in [-0.39, 0.29) is 11.8 Å². The quantitative estimate of drug-likeness (QED) is 0.0896. The van der Waals surface area contributed by atoms with Crippen molar-refractivity contribution in [1.29, 1.82) is 0 Å². The van der Waals surface area contributed by atoms with Crippen molar-refractivity contribution < 1.29 is 0 Å². The summed E-state index contributed by atoms with van der Waals surface area (Å²) in [5, 5.41) is 0. The summed E-state index contributed by atoms with van der Waals surface area (Å²) in [5.74, 6) is 0.219. The van der Waals surface area contributed by atoms with E-state index in [4.69, 9.17) is 0 Å². The van der Waals surface area contributed by atoms with E-state index in [1.54, 1.807) is 23.5 Å². The van der Waals surface area contributed by atoms with Crippen LogP contribution in [0.5, 0.6) is 0 Å². The first-order valence-corrected chi connectivity index (χ1v) is 35.5. The van der Waals surface area contributed by atoms with Crippen LogP contribution in [0.4, 0.5) is 28.4 Å². The lowest BCUT2D eigenvalue weighted by Crippen LogP contribution is -2.37. The van der Waals surface area contributed by atoms with Crippen molar-refractivity contribution in [2.24, 2.45) is 5.92 Å². The molecule has 472 valence electrons. The third-order valence-corrected chi connectivity index (χ3v) is 22.6. The smallest absolute Gasteiger partial charge is 0.0716 e. The van der Waals surface area contributed by atoms with Gasteiger partial charge in [-0.15, -0.1) is 0 Å². The van der Waals surface area contributed by atoms with Gasteiger partial charge in [-0.2, -0.15) is 0 Å². The van der Waals surface area contributed by atoms with Gasteiger partial charge in [-0.25, -0.2) is 0 Å². The van der Waals surface area contributed by atoms with Gasteiger partial charge in [0, 0.05) is 65.6 Å². The van der Waals surface area contributed by atoms with Crippen molar-refractivity contribution in [2.75, 3.05) is 9.80 Å². The summed E-state index contributed by atoms with van der Waals surface area (Å²) in [6.07, 6.45) is 11.3. The lowest BCUT2D eigenvalue weighted by Gasteiger charge is -2.41. The van der Waals surface area contributed by atoms with E-state index in [0.717, 1.165) is 56.4 Å². The highest BCUT2D eigenvalue weighted by atomic mass is 32.2. The van der Waals surface area contributed by atoms with E-state index in [0.29, 0.717) is 0 Å². The van der Waals surface area contributed by atoms with Crippen LogP contribution < -0.4 is 9.80 Å². The minimum atomic E-state index is -0.603. The maximum atomic E-state index is 3.97. The second-order valence-electron chi connectivity index (χ2n) is 26.3. The SMILES string of the molecule is C=Cc1ccc(Sc2ccc(C3(c4cc(C)ccc4C)c4ccccc4-c4ccc(N(c5ccccc5)c5ccc(-c6ccc(N(C7=CC8C(C=C7)c7ccccc7C8(c7ccc(Sc8ccc(C=C)cc8)cc7)c7cc(C)ccc7C)c7ccccc7)cc6)cc5)cc43)cc2)cc1. The Labute approximate surface area is 586 Å². The number of nitrogens with zero attached hydrogens (tertiary/aromatic N) is 2. The summed E-state index contributed by atoms with van der Waals surface area (Å²) in [6, 6.07) is 116. The highest BCUT2D eigenvalue weighted by molar-refractivity contribution is 7.99. The average Bonchev–Trinajstić information content (AvgIpc) is 1.49. The van der Waals surface area contributed by atoms with Crippen LogP contribution in [-0.4, -0.2) is 0 Å². The molecule has 98 heavy (non-hydrogen) atoms. The van der Waals surface area contributed by atoms with E-state index in [1.165, 1.54) is 97.5 Å². The lowest BCUT2D eigenvalue weighted by molar-refractivity contribution is 0.451. The number of allylic oxidation sites excluding steroid dienone is 3. The van der Waals surface area contributed by atoms with Gasteiger partial charge in [0.05, 0.1) is 10.8 Å². The number of hydrogen-bond donors (Lipinski definition) is 0. The Morgan fingerprint density at radius 3 is 1.38 bits per heavy atom. The molecule has 0 aliphatic heterocycles.